The average Bonchev–Trinajstić information content (AvgIpc) is 2.29. The van der Waals surface area contributed by atoms with Crippen molar-refractivity contribution in [1.29, 1.82) is 0 Å². The molecule has 1 aliphatic heterocycles. The maximum Gasteiger partial charge on any atom is 0.0172 e. The SMILES string of the molecule is CCCC(CBr)CN1CCSC(CC)C1. The number of hydrogen-bond acceptors (Lipinski definition) is 2. The van der Waals surface area contributed by atoms with E-state index in [9.17, 15) is 0 Å². The smallest absolute Gasteiger partial charge is 0.0172 e. The lowest BCUT2D eigenvalue weighted by molar-refractivity contribution is 0.240. The van der Waals surface area contributed by atoms with Crippen LogP contribution in [0.25, 0.3) is 0 Å². The number of nitrogens with zero attached hydrogens (tertiary/aromatic N) is 1. The molecule has 1 fully saturated rings. The molecule has 0 aliphatic carbocycles. The van der Waals surface area contributed by atoms with Crippen LogP contribution in [0.5, 0.6) is 0 Å². The molecule has 0 aromatic rings. The van der Waals surface area contributed by atoms with Crippen LogP contribution in [0.3, 0.4) is 0 Å². The van der Waals surface area contributed by atoms with Gasteiger partial charge >= 0.3 is 0 Å². The van der Waals surface area contributed by atoms with E-state index >= 15 is 0 Å². The van der Waals surface area contributed by atoms with E-state index in [0.717, 1.165) is 11.2 Å². The molecule has 1 nitrogen and oxygen atoms in total. The van der Waals surface area contributed by atoms with E-state index < -0.39 is 0 Å². The molecule has 2 unspecified atom stereocenters. The van der Waals surface area contributed by atoms with Crippen LogP contribution in [-0.4, -0.2) is 40.9 Å². The minimum atomic E-state index is 0.857. The highest BCUT2D eigenvalue weighted by atomic mass is 79.9. The van der Waals surface area contributed by atoms with Gasteiger partial charge in [0.1, 0.15) is 0 Å². The van der Waals surface area contributed by atoms with Gasteiger partial charge in [0.2, 0.25) is 0 Å². The van der Waals surface area contributed by atoms with Crippen LogP contribution < -0.4 is 0 Å². The molecule has 1 heterocycles. The van der Waals surface area contributed by atoms with Crippen molar-refractivity contribution < 1.29 is 0 Å². The Hall–Kier alpha value is 0.790. The standard InChI is InChI=1S/C12H24BrNS/c1-3-5-11(8-13)9-14-6-7-15-12(4-2)10-14/h11-12H,3-10H2,1-2H3. The molecule has 0 spiro atoms. The van der Waals surface area contributed by atoms with Crippen LogP contribution in [-0.2, 0) is 0 Å². The summed E-state index contributed by atoms with van der Waals surface area (Å²) in [5.41, 5.74) is 0. The molecule has 1 saturated heterocycles. The van der Waals surface area contributed by atoms with E-state index in [0.29, 0.717) is 0 Å². The minimum absolute atomic E-state index is 0.857. The summed E-state index contributed by atoms with van der Waals surface area (Å²) >= 11 is 5.81. The molecule has 1 aliphatic rings. The fraction of sp³-hybridized carbons (Fsp3) is 1.00. The highest BCUT2D eigenvalue weighted by Gasteiger charge is 2.20. The second-order valence-corrected chi connectivity index (χ2v) is 6.53. The van der Waals surface area contributed by atoms with Crippen molar-refractivity contribution in [3.05, 3.63) is 0 Å². The Morgan fingerprint density at radius 1 is 1.47 bits per heavy atom. The third-order valence-corrected chi connectivity index (χ3v) is 5.40. The lowest BCUT2D eigenvalue weighted by Gasteiger charge is -2.34. The molecule has 0 amide bonds. The maximum absolute atomic E-state index is 3.64. The normalized spacial score (nSPS) is 25.4. The predicted octanol–water partition coefficient (Wildman–Crippen LogP) is 3.63. The summed E-state index contributed by atoms with van der Waals surface area (Å²) in [5, 5.41) is 2.05. The van der Waals surface area contributed by atoms with Gasteiger partial charge in [-0.15, -0.1) is 0 Å². The van der Waals surface area contributed by atoms with Gasteiger partial charge in [-0.1, -0.05) is 36.2 Å². The van der Waals surface area contributed by atoms with Crippen molar-refractivity contribution in [3.8, 4) is 0 Å². The van der Waals surface area contributed by atoms with Gasteiger partial charge < -0.3 is 4.90 Å². The molecular formula is C12H24BrNS. The fourth-order valence-electron chi connectivity index (χ4n) is 2.18. The highest BCUT2D eigenvalue weighted by Crippen LogP contribution is 2.22. The van der Waals surface area contributed by atoms with Gasteiger partial charge in [-0.3, -0.25) is 0 Å². The molecule has 2 atom stereocenters. The first-order valence-corrected chi connectivity index (χ1v) is 8.37. The molecule has 90 valence electrons. The zero-order valence-corrected chi connectivity index (χ0v) is 12.4. The molecule has 0 radical (unpaired) electrons. The van der Waals surface area contributed by atoms with Crippen LogP contribution in [0.2, 0.25) is 0 Å². The summed E-state index contributed by atoms with van der Waals surface area (Å²) in [6, 6.07) is 0. The molecule has 0 bridgehead atoms. The van der Waals surface area contributed by atoms with Crippen LogP contribution in [0.1, 0.15) is 33.1 Å². The first-order chi connectivity index (χ1) is 7.30. The first-order valence-electron chi connectivity index (χ1n) is 6.20. The Morgan fingerprint density at radius 2 is 2.27 bits per heavy atom. The van der Waals surface area contributed by atoms with Crippen molar-refractivity contribution in [2.45, 2.75) is 38.4 Å². The van der Waals surface area contributed by atoms with Gasteiger partial charge in [0.15, 0.2) is 0 Å². The van der Waals surface area contributed by atoms with Gasteiger partial charge in [-0.25, -0.2) is 0 Å². The lowest BCUT2D eigenvalue weighted by atomic mass is 10.1. The Balaban J connectivity index is 2.29. The second kappa shape index (κ2) is 7.97. The second-order valence-electron chi connectivity index (χ2n) is 4.47. The molecule has 0 aromatic carbocycles. The van der Waals surface area contributed by atoms with E-state index in [1.165, 1.54) is 50.0 Å². The molecule has 3 heteroatoms. The van der Waals surface area contributed by atoms with Gasteiger partial charge in [0.05, 0.1) is 0 Å². The van der Waals surface area contributed by atoms with Crippen molar-refractivity contribution >= 4 is 27.7 Å². The van der Waals surface area contributed by atoms with Crippen LogP contribution in [0.15, 0.2) is 0 Å². The Labute approximate surface area is 107 Å². The maximum atomic E-state index is 3.64. The van der Waals surface area contributed by atoms with Gasteiger partial charge in [0.25, 0.3) is 0 Å². The van der Waals surface area contributed by atoms with Crippen LogP contribution in [0, 0.1) is 5.92 Å². The Morgan fingerprint density at radius 3 is 2.87 bits per heavy atom. The van der Waals surface area contributed by atoms with Gasteiger partial charge in [-0.05, 0) is 18.8 Å². The van der Waals surface area contributed by atoms with E-state index in [1.54, 1.807) is 0 Å². The van der Waals surface area contributed by atoms with Crippen molar-refractivity contribution in [2.75, 3.05) is 30.7 Å². The number of hydrogen-bond donors (Lipinski definition) is 0. The summed E-state index contributed by atoms with van der Waals surface area (Å²) in [6.07, 6.45) is 4.01. The predicted molar refractivity (Wildman–Crippen MR) is 75.2 cm³/mol. The number of thioether (sulfide) groups is 1. The number of alkyl halides is 1. The van der Waals surface area contributed by atoms with Gasteiger partial charge in [-0.2, -0.15) is 11.8 Å². The van der Waals surface area contributed by atoms with E-state index in [2.05, 4.69) is 46.4 Å². The van der Waals surface area contributed by atoms with E-state index in [4.69, 9.17) is 0 Å². The molecule has 0 N–H and O–H groups in total. The van der Waals surface area contributed by atoms with Crippen molar-refractivity contribution in [2.24, 2.45) is 5.92 Å². The third-order valence-electron chi connectivity index (χ3n) is 3.11. The summed E-state index contributed by atoms with van der Waals surface area (Å²) in [7, 11) is 0. The largest absolute Gasteiger partial charge is 0.301 e. The number of rotatable bonds is 6. The van der Waals surface area contributed by atoms with Crippen molar-refractivity contribution in [3.63, 3.8) is 0 Å². The molecule has 0 aromatic heterocycles. The molecule has 15 heavy (non-hydrogen) atoms. The Bertz CT molecular complexity index is 166. The highest BCUT2D eigenvalue weighted by molar-refractivity contribution is 9.09. The molecule has 1 rings (SSSR count). The van der Waals surface area contributed by atoms with Gasteiger partial charge in [0, 0.05) is 36.0 Å². The monoisotopic (exact) mass is 293 g/mol. The van der Waals surface area contributed by atoms with Crippen LogP contribution in [0.4, 0.5) is 0 Å². The lowest BCUT2D eigenvalue weighted by Crippen LogP contribution is -2.40. The van der Waals surface area contributed by atoms with Crippen LogP contribution >= 0.6 is 27.7 Å². The summed E-state index contributed by atoms with van der Waals surface area (Å²) in [6.45, 7) is 8.52. The molecule has 0 saturated carbocycles. The fourth-order valence-corrected chi connectivity index (χ4v) is 3.96. The average molecular weight is 294 g/mol. The first kappa shape index (κ1) is 13.9. The zero-order valence-electron chi connectivity index (χ0n) is 10.0. The van der Waals surface area contributed by atoms with E-state index in [1.807, 2.05) is 0 Å². The van der Waals surface area contributed by atoms with Crippen molar-refractivity contribution in [1.82, 2.24) is 4.90 Å². The summed E-state index contributed by atoms with van der Waals surface area (Å²) in [4.78, 5) is 2.67. The minimum Gasteiger partial charge on any atom is -0.301 e. The topological polar surface area (TPSA) is 3.24 Å². The number of halogens is 1. The summed E-state index contributed by atoms with van der Waals surface area (Å²) in [5.74, 6) is 2.19. The zero-order chi connectivity index (χ0) is 11.1. The molecular weight excluding hydrogens is 270 g/mol. The quantitative estimate of drug-likeness (QED) is 0.688. The van der Waals surface area contributed by atoms with E-state index in [-0.39, 0.29) is 0 Å². The Kier molecular flexibility index (Phi) is 7.36. The third kappa shape index (κ3) is 5.10. The summed E-state index contributed by atoms with van der Waals surface area (Å²) < 4.78 is 0.